The van der Waals surface area contributed by atoms with Crippen LogP contribution in [0.2, 0.25) is 0 Å². The summed E-state index contributed by atoms with van der Waals surface area (Å²) in [4.78, 5) is 26.7. The number of nitro groups is 1. The molecule has 0 aromatic carbocycles. The van der Waals surface area contributed by atoms with Gasteiger partial charge in [-0.25, -0.2) is 0 Å². The smallest absolute Gasteiger partial charge is 0.319 e. The van der Waals surface area contributed by atoms with Crippen LogP contribution >= 0.6 is 0 Å². The molecular formula is C13H19N5O3. The molecule has 1 aromatic heterocycles. The summed E-state index contributed by atoms with van der Waals surface area (Å²) in [7, 11) is 0. The summed E-state index contributed by atoms with van der Waals surface area (Å²) >= 11 is 0. The van der Waals surface area contributed by atoms with Gasteiger partial charge in [-0.15, -0.1) is 0 Å². The van der Waals surface area contributed by atoms with Gasteiger partial charge in [-0.1, -0.05) is 12.8 Å². The van der Waals surface area contributed by atoms with Crippen LogP contribution in [-0.4, -0.2) is 63.0 Å². The highest BCUT2D eigenvalue weighted by molar-refractivity contribution is 5.96. The van der Waals surface area contributed by atoms with Crippen molar-refractivity contribution in [3.63, 3.8) is 0 Å². The van der Waals surface area contributed by atoms with E-state index in [0.29, 0.717) is 19.1 Å². The van der Waals surface area contributed by atoms with Crippen molar-refractivity contribution in [1.82, 2.24) is 20.0 Å². The van der Waals surface area contributed by atoms with Gasteiger partial charge in [0.25, 0.3) is 5.91 Å². The van der Waals surface area contributed by atoms with E-state index in [1.54, 1.807) is 4.90 Å². The maximum absolute atomic E-state index is 12.3. The van der Waals surface area contributed by atoms with Crippen LogP contribution in [0.5, 0.6) is 0 Å². The summed E-state index contributed by atoms with van der Waals surface area (Å²) in [6, 6.07) is 0.656. The molecular weight excluding hydrogens is 274 g/mol. The van der Waals surface area contributed by atoms with E-state index < -0.39 is 4.92 Å². The van der Waals surface area contributed by atoms with Crippen LogP contribution in [0.15, 0.2) is 6.20 Å². The van der Waals surface area contributed by atoms with E-state index in [1.807, 2.05) is 0 Å². The third kappa shape index (κ3) is 2.76. The molecule has 0 bridgehead atoms. The summed E-state index contributed by atoms with van der Waals surface area (Å²) < 4.78 is 0. The average Bonchev–Trinajstić information content (AvgIpc) is 3.18. The van der Waals surface area contributed by atoms with Gasteiger partial charge >= 0.3 is 5.69 Å². The second kappa shape index (κ2) is 5.80. The Morgan fingerprint density at radius 1 is 1.29 bits per heavy atom. The number of aromatic amines is 1. The Kier molecular flexibility index (Phi) is 3.87. The lowest BCUT2D eigenvalue weighted by Gasteiger charge is -2.37. The number of carbonyl (C=O) groups excluding carboxylic acids is 1. The van der Waals surface area contributed by atoms with E-state index in [2.05, 4.69) is 15.1 Å². The van der Waals surface area contributed by atoms with Gasteiger partial charge in [-0.3, -0.25) is 24.9 Å². The molecule has 0 unspecified atom stereocenters. The van der Waals surface area contributed by atoms with Gasteiger partial charge in [0, 0.05) is 32.2 Å². The van der Waals surface area contributed by atoms with Crippen LogP contribution in [0.25, 0.3) is 0 Å². The Morgan fingerprint density at radius 3 is 2.57 bits per heavy atom. The molecule has 2 aliphatic rings. The Hall–Kier alpha value is -1.96. The Bertz CT molecular complexity index is 530. The number of amides is 1. The van der Waals surface area contributed by atoms with Crippen LogP contribution in [0.4, 0.5) is 5.69 Å². The minimum Gasteiger partial charge on any atom is -0.335 e. The molecule has 21 heavy (non-hydrogen) atoms. The highest BCUT2D eigenvalue weighted by Crippen LogP contribution is 2.25. The first kappa shape index (κ1) is 14.0. The summed E-state index contributed by atoms with van der Waals surface area (Å²) in [6.07, 6.45) is 6.18. The number of H-pyrrole nitrogens is 1. The van der Waals surface area contributed by atoms with Crippen LogP contribution < -0.4 is 0 Å². The number of aromatic nitrogens is 2. The highest BCUT2D eigenvalue weighted by atomic mass is 16.6. The first-order valence-corrected chi connectivity index (χ1v) is 7.38. The zero-order valence-corrected chi connectivity index (χ0v) is 11.8. The van der Waals surface area contributed by atoms with Crippen LogP contribution in [0.1, 0.15) is 36.2 Å². The molecule has 114 valence electrons. The molecule has 2 heterocycles. The molecule has 1 amide bonds. The minimum absolute atomic E-state index is 0.0192. The van der Waals surface area contributed by atoms with Crippen molar-refractivity contribution in [2.24, 2.45) is 0 Å². The third-order valence-corrected chi connectivity index (χ3v) is 4.47. The minimum atomic E-state index is -0.578. The summed E-state index contributed by atoms with van der Waals surface area (Å²) in [5.74, 6) is -0.328. The summed E-state index contributed by atoms with van der Waals surface area (Å²) in [5, 5.41) is 16.9. The second-order valence-corrected chi connectivity index (χ2v) is 5.65. The molecule has 1 saturated carbocycles. The van der Waals surface area contributed by atoms with E-state index in [1.165, 1.54) is 25.7 Å². The molecule has 0 radical (unpaired) electrons. The summed E-state index contributed by atoms with van der Waals surface area (Å²) in [5.41, 5.74) is -0.271. The Balaban J connectivity index is 1.62. The number of piperazine rings is 1. The van der Waals surface area contributed by atoms with Crippen molar-refractivity contribution in [3.05, 3.63) is 22.0 Å². The number of hydrogen-bond donors (Lipinski definition) is 1. The van der Waals surface area contributed by atoms with Crippen molar-refractivity contribution in [2.75, 3.05) is 26.2 Å². The van der Waals surface area contributed by atoms with Gasteiger partial charge < -0.3 is 4.90 Å². The van der Waals surface area contributed by atoms with Gasteiger partial charge in [0.15, 0.2) is 0 Å². The standard InChI is InChI=1S/C13H19N5O3/c19-13(12-11(18(20)21)9-14-15-12)17-7-5-16(6-8-17)10-3-1-2-4-10/h9-10H,1-8H2,(H,14,15). The molecule has 8 heteroatoms. The first-order valence-electron chi connectivity index (χ1n) is 7.38. The molecule has 3 rings (SSSR count). The molecule has 0 atom stereocenters. The Labute approximate surface area is 122 Å². The maximum Gasteiger partial charge on any atom is 0.319 e. The number of rotatable bonds is 3. The zero-order chi connectivity index (χ0) is 14.8. The predicted molar refractivity (Wildman–Crippen MR) is 75.0 cm³/mol. The largest absolute Gasteiger partial charge is 0.335 e. The quantitative estimate of drug-likeness (QED) is 0.663. The molecule has 1 aromatic rings. The SMILES string of the molecule is O=C(c1[nH]ncc1[N+](=O)[O-])N1CCN(C2CCCC2)CC1. The molecule has 2 fully saturated rings. The lowest BCUT2D eigenvalue weighted by Crippen LogP contribution is -2.51. The first-order chi connectivity index (χ1) is 10.2. The van der Waals surface area contributed by atoms with E-state index in [-0.39, 0.29) is 17.3 Å². The summed E-state index contributed by atoms with van der Waals surface area (Å²) in [6.45, 7) is 2.92. The fourth-order valence-electron chi connectivity index (χ4n) is 3.29. The van der Waals surface area contributed by atoms with Crippen LogP contribution in [0.3, 0.4) is 0 Å². The monoisotopic (exact) mass is 293 g/mol. The van der Waals surface area contributed by atoms with Crippen molar-refractivity contribution < 1.29 is 9.72 Å². The fourth-order valence-corrected chi connectivity index (χ4v) is 3.29. The van der Waals surface area contributed by atoms with Gasteiger partial charge in [-0.2, -0.15) is 5.10 Å². The molecule has 1 N–H and O–H groups in total. The van der Waals surface area contributed by atoms with Gasteiger partial charge in [0.1, 0.15) is 6.20 Å². The molecule has 1 saturated heterocycles. The van der Waals surface area contributed by atoms with Crippen molar-refractivity contribution >= 4 is 11.6 Å². The normalized spacial score (nSPS) is 20.9. The second-order valence-electron chi connectivity index (χ2n) is 5.65. The molecule has 1 aliphatic carbocycles. The van der Waals surface area contributed by atoms with Crippen molar-refractivity contribution in [3.8, 4) is 0 Å². The highest BCUT2D eigenvalue weighted by Gasteiger charge is 2.31. The third-order valence-electron chi connectivity index (χ3n) is 4.47. The topological polar surface area (TPSA) is 95.4 Å². The van der Waals surface area contributed by atoms with E-state index in [4.69, 9.17) is 0 Å². The fraction of sp³-hybridized carbons (Fsp3) is 0.692. The lowest BCUT2D eigenvalue weighted by molar-refractivity contribution is -0.385. The van der Waals surface area contributed by atoms with Crippen molar-refractivity contribution in [2.45, 2.75) is 31.7 Å². The predicted octanol–water partition coefficient (Wildman–Crippen LogP) is 1.02. The number of nitrogens with zero attached hydrogens (tertiary/aromatic N) is 4. The molecule has 8 nitrogen and oxygen atoms in total. The van der Waals surface area contributed by atoms with Crippen LogP contribution in [-0.2, 0) is 0 Å². The zero-order valence-electron chi connectivity index (χ0n) is 11.8. The molecule has 0 spiro atoms. The van der Waals surface area contributed by atoms with Crippen LogP contribution in [0, 0.1) is 10.1 Å². The Morgan fingerprint density at radius 2 is 1.95 bits per heavy atom. The molecule has 1 aliphatic heterocycles. The lowest BCUT2D eigenvalue weighted by atomic mass is 10.1. The van der Waals surface area contributed by atoms with E-state index in [9.17, 15) is 14.9 Å². The number of nitrogens with one attached hydrogen (secondary N) is 1. The van der Waals surface area contributed by atoms with E-state index >= 15 is 0 Å². The van der Waals surface area contributed by atoms with Gasteiger partial charge in [0.05, 0.1) is 4.92 Å². The van der Waals surface area contributed by atoms with Crippen molar-refractivity contribution in [1.29, 1.82) is 0 Å². The number of hydrogen-bond acceptors (Lipinski definition) is 5. The number of carbonyl (C=O) groups is 1. The maximum atomic E-state index is 12.3. The van der Waals surface area contributed by atoms with Gasteiger partial charge in [-0.05, 0) is 12.8 Å². The average molecular weight is 293 g/mol. The van der Waals surface area contributed by atoms with Gasteiger partial charge in [0.2, 0.25) is 5.69 Å². The van der Waals surface area contributed by atoms with E-state index in [0.717, 1.165) is 19.3 Å².